The van der Waals surface area contributed by atoms with Crippen molar-refractivity contribution < 1.29 is 4.42 Å². The third kappa shape index (κ3) is 5.69. The van der Waals surface area contributed by atoms with Gasteiger partial charge in [-0.05, 0) is 138 Å². The van der Waals surface area contributed by atoms with E-state index in [0.29, 0.717) is 11.8 Å². The number of nitrogens with zero attached hydrogens (tertiary/aromatic N) is 2. The largest absolute Gasteiger partial charge is 0.456 e. The average molecular weight is 781 g/mol. The second-order valence-corrected chi connectivity index (χ2v) is 18.6. The molecule has 3 aliphatic carbocycles. The van der Waals surface area contributed by atoms with Gasteiger partial charge >= 0.3 is 0 Å². The van der Waals surface area contributed by atoms with Gasteiger partial charge in [-0.1, -0.05) is 125 Å². The van der Waals surface area contributed by atoms with Gasteiger partial charge in [-0.3, -0.25) is 0 Å². The van der Waals surface area contributed by atoms with Gasteiger partial charge < -0.3 is 13.9 Å². The van der Waals surface area contributed by atoms with Crippen molar-refractivity contribution in [2.75, 3.05) is 4.90 Å². The predicted octanol–water partition coefficient (Wildman–Crippen LogP) is 16.6. The number of furan rings is 1. The van der Waals surface area contributed by atoms with Gasteiger partial charge in [0.2, 0.25) is 0 Å². The summed E-state index contributed by atoms with van der Waals surface area (Å²) in [7, 11) is 0. The molecule has 0 atom stereocenters. The van der Waals surface area contributed by atoms with Crippen molar-refractivity contribution in [3.63, 3.8) is 0 Å². The van der Waals surface area contributed by atoms with E-state index in [4.69, 9.17) is 4.42 Å². The van der Waals surface area contributed by atoms with Gasteiger partial charge in [-0.2, -0.15) is 0 Å². The summed E-state index contributed by atoms with van der Waals surface area (Å²) in [4.78, 5) is 2.46. The number of hydrogen-bond donors (Lipinski definition) is 0. The van der Waals surface area contributed by atoms with Crippen LogP contribution in [0.25, 0.3) is 60.6 Å². The van der Waals surface area contributed by atoms with Crippen LogP contribution >= 0.6 is 0 Å². The Morgan fingerprint density at radius 2 is 1.05 bits per heavy atom. The van der Waals surface area contributed by atoms with Gasteiger partial charge in [0.15, 0.2) is 0 Å². The fourth-order valence-corrected chi connectivity index (χ4v) is 11.6. The second-order valence-electron chi connectivity index (χ2n) is 18.6. The third-order valence-corrected chi connectivity index (χ3v) is 14.8. The smallest absolute Gasteiger partial charge is 0.137 e. The molecule has 3 aliphatic rings. The monoisotopic (exact) mass is 780 g/mol. The maximum Gasteiger partial charge on any atom is 0.137 e. The van der Waals surface area contributed by atoms with Crippen LogP contribution in [-0.2, 0) is 5.41 Å². The number of fused-ring (bicyclic) bond motifs is 9. The summed E-state index contributed by atoms with van der Waals surface area (Å²) in [6.07, 6.45) is 13.3. The Bertz CT molecular complexity index is 3100. The maximum absolute atomic E-state index is 6.54. The summed E-state index contributed by atoms with van der Waals surface area (Å²) in [5.74, 6) is 1.32. The molecule has 296 valence electrons. The lowest BCUT2D eigenvalue weighted by atomic mass is 9.79. The lowest BCUT2D eigenvalue weighted by Gasteiger charge is -2.28. The van der Waals surface area contributed by atoms with E-state index in [1.54, 1.807) is 0 Å². The summed E-state index contributed by atoms with van der Waals surface area (Å²) in [6, 6.07) is 55.2. The van der Waals surface area contributed by atoms with Crippen molar-refractivity contribution >= 4 is 60.8 Å². The topological polar surface area (TPSA) is 21.3 Å². The minimum atomic E-state index is -0.122. The van der Waals surface area contributed by atoms with Crippen LogP contribution in [0, 0.1) is 0 Å². The number of benzene rings is 7. The van der Waals surface area contributed by atoms with E-state index in [2.05, 4.69) is 169 Å². The van der Waals surface area contributed by atoms with E-state index >= 15 is 0 Å². The fraction of sp³-hybridized carbons (Fsp3) is 0.263. The van der Waals surface area contributed by atoms with Crippen molar-refractivity contribution in [2.24, 2.45) is 0 Å². The molecule has 2 fully saturated rings. The molecule has 12 rings (SSSR count). The standard InChI is InChI=1S/C57H52N2O/c1-57(2)51-32-39(37-14-6-3-7-15-37)22-27-45(51)46-29-24-43(35-52(46)57)58(44-25-30-49-48-20-12-13-21-55(48)60-56(49)36-44)42-26-31-53-50(34-42)47-28-23-40(38-16-8-4-9-17-38)33-54(47)59(53)41-18-10-5-11-19-41/h5,10-13,18-38H,3-4,6-9,14-17H2,1-2H3. The Morgan fingerprint density at radius 1 is 0.467 bits per heavy atom. The Balaban J connectivity index is 1.04. The lowest BCUT2D eigenvalue weighted by molar-refractivity contribution is 0.443. The fourth-order valence-electron chi connectivity index (χ4n) is 11.6. The number of para-hydroxylation sites is 2. The zero-order chi connectivity index (χ0) is 40.0. The molecule has 0 aliphatic heterocycles. The highest BCUT2D eigenvalue weighted by molar-refractivity contribution is 6.11. The molecule has 2 aromatic heterocycles. The SMILES string of the molecule is CC1(C)c2cc(C3CCCCC3)ccc2-c2ccc(N(c3ccc4c(c3)oc3ccccc34)c3ccc4c(c3)c3ccc(C5CCCCC5)cc3n4-c3ccccc3)cc21. The van der Waals surface area contributed by atoms with Crippen LogP contribution in [0.1, 0.15) is 112 Å². The highest BCUT2D eigenvalue weighted by atomic mass is 16.3. The van der Waals surface area contributed by atoms with Gasteiger partial charge in [0, 0.05) is 55.8 Å². The molecule has 0 bridgehead atoms. The van der Waals surface area contributed by atoms with Crippen LogP contribution in [0.5, 0.6) is 0 Å². The van der Waals surface area contributed by atoms with Crippen LogP contribution < -0.4 is 4.90 Å². The van der Waals surface area contributed by atoms with Crippen LogP contribution in [0.3, 0.4) is 0 Å². The Hall–Kier alpha value is -6.06. The minimum absolute atomic E-state index is 0.122. The number of hydrogen-bond acceptors (Lipinski definition) is 2. The molecule has 7 aromatic carbocycles. The Kier molecular flexibility index (Phi) is 8.37. The van der Waals surface area contributed by atoms with E-state index in [1.807, 2.05) is 0 Å². The highest BCUT2D eigenvalue weighted by Gasteiger charge is 2.37. The maximum atomic E-state index is 6.54. The van der Waals surface area contributed by atoms with E-state index in [1.165, 1.54) is 125 Å². The van der Waals surface area contributed by atoms with Crippen molar-refractivity contribution in [3.8, 4) is 16.8 Å². The molecule has 3 nitrogen and oxygen atoms in total. The molecule has 0 saturated heterocycles. The summed E-state index contributed by atoms with van der Waals surface area (Å²) >= 11 is 0. The first-order chi connectivity index (χ1) is 29.5. The highest BCUT2D eigenvalue weighted by Crippen LogP contribution is 2.52. The summed E-state index contributed by atoms with van der Waals surface area (Å²) < 4.78 is 9.03. The molecular formula is C57H52N2O. The summed E-state index contributed by atoms with van der Waals surface area (Å²) in [5.41, 5.74) is 17.4. The molecule has 0 spiro atoms. The normalized spacial score (nSPS) is 16.8. The van der Waals surface area contributed by atoms with Gasteiger partial charge in [0.05, 0.1) is 11.0 Å². The van der Waals surface area contributed by atoms with Crippen LogP contribution in [0.2, 0.25) is 0 Å². The first-order valence-corrected chi connectivity index (χ1v) is 22.6. The average Bonchev–Trinajstić information content (AvgIpc) is 3.91. The quantitative estimate of drug-likeness (QED) is 0.168. The van der Waals surface area contributed by atoms with Crippen LogP contribution in [-0.4, -0.2) is 4.57 Å². The van der Waals surface area contributed by atoms with Crippen molar-refractivity contribution in [2.45, 2.75) is 95.3 Å². The molecule has 0 radical (unpaired) electrons. The number of anilines is 3. The molecule has 2 heterocycles. The first-order valence-electron chi connectivity index (χ1n) is 22.6. The Labute approximate surface area is 353 Å². The van der Waals surface area contributed by atoms with E-state index in [-0.39, 0.29) is 5.41 Å². The van der Waals surface area contributed by atoms with E-state index < -0.39 is 0 Å². The minimum Gasteiger partial charge on any atom is -0.456 e. The van der Waals surface area contributed by atoms with Gasteiger partial charge in [-0.25, -0.2) is 0 Å². The molecule has 2 saturated carbocycles. The van der Waals surface area contributed by atoms with Gasteiger partial charge in [0.1, 0.15) is 11.2 Å². The van der Waals surface area contributed by atoms with Crippen molar-refractivity contribution in [1.29, 1.82) is 0 Å². The number of aromatic nitrogens is 1. The van der Waals surface area contributed by atoms with Gasteiger partial charge in [-0.15, -0.1) is 0 Å². The predicted molar refractivity (Wildman–Crippen MR) is 252 cm³/mol. The molecular weight excluding hydrogens is 729 g/mol. The second kappa shape index (κ2) is 14.0. The molecule has 60 heavy (non-hydrogen) atoms. The van der Waals surface area contributed by atoms with Crippen LogP contribution in [0.15, 0.2) is 150 Å². The van der Waals surface area contributed by atoms with Gasteiger partial charge in [0.25, 0.3) is 0 Å². The van der Waals surface area contributed by atoms with E-state index in [9.17, 15) is 0 Å². The zero-order valence-electron chi connectivity index (χ0n) is 34.9. The summed E-state index contributed by atoms with van der Waals surface area (Å²) in [6.45, 7) is 4.87. The lowest BCUT2D eigenvalue weighted by Crippen LogP contribution is -2.17. The molecule has 0 unspecified atom stereocenters. The molecule has 0 N–H and O–H groups in total. The molecule has 0 amide bonds. The Morgan fingerprint density at radius 3 is 1.83 bits per heavy atom. The number of rotatable bonds is 6. The van der Waals surface area contributed by atoms with E-state index in [0.717, 1.165) is 39.0 Å². The third-order valence-electron chi connectivity index (χ3n) is 14.8. The van der Waals surface area contributed by atoms with Crippen molar-refractivity contribution in [1.82, 2.24) is 4.57 Å². The first kappa shape index (κ1) is 35.8. The zero-order valence-corrected chi connectivity index (χ0v) is 34.9. The summed E-state index contributed by atoms with van der Waals surface area (Å²) in [5, 5.41) is 4.85. The van der Waals surface area contributed by atoms with Crippen molar-refractivity contribution in [3.05, 3.63) is 168 Å². The molecule has 3 heteroatoms. The van der Waals surface area contributed by atoms with Crippen LogP contribution in [0.4, 0.5) is 17.1 Å². The molecule has 9 aromatic rings.